The normalized spacial score (nSPS) is 14.2. The standard InChI is InChI=1S/C22H22N4O7S/c27-19(23-15-6-5-7-16(12-15)34(31,32)25-10-3-4-11-25)14-33-20(28)13-26-22(30)18-9-2-1-8-17(18)21(29)24-26/h1-2,5-9,12H,3-4,10-11,13-14H2,(H,23,27)(H,24,29). The van der Waals surface area contributed by atoms with E-state index in [1.54, 1.807) is 12.1 Å². The van der Waals surface area contributed by atoms with E-state index in [9.17, 15) is 27.6 Å². The van der Waals surface area contributed by atoms with Gasteiger partial charge in [0, 0.05) is 18.8 Å². The van der Waals surface area contributed by atoms with Gasteiger partial charge in [0.25, 0.3) is 17.0 Å². The van der Waals surface area contributed by atoms with Crippen LogP contribution in [0.3, 0.4) is 0 Å². The summed E-state index contributed by atoms with van der Waals surface area (Å²) in [4.78, 5) is 49.0. The third-order valence-electron chi connectivity index (χ3n) is 5.36. The number of ether oxygens (including phenoxy) is 1. The Morgan fingerprint density at radius 1 is 1.00 bits per heavy atom. The molecule has 1 aliphatic heterocycles. The Balaban J connectivity index is 1.37. The highest BCUT2D eigenvalue weighted by molar-refractivity contribution is 7.89. The van der Waals surface area contributed by atoms with Gasteiger partial charge in [0.05, 0.1) is 15.7 Å². The van der Waals surface area contributed by atoms with Crippen LogP contribution in [0, 0.1) is 0 Å². The van der Waals surface area contributed by atoms with Gasteiger partial charge in [0.1, 0.15) is 6.54 Å². The molecule has 1 amide bonds. The Hall–Kier alpha value is -3.77. The number of amides is 1. The molecular formula is C22H22N4O7S. The quantitative estimate of drug-likeness (QED) is 0.466. The molecule has 0 spiro atoms. The van der Waals surface area contributed by atoms with E-state index in [0.29, 0.717) is 13.1 Å². The molecule has 1 saturated heterocycles. The van der Waals surface area contributed by atoms with Gasteiger partial charge < -0.3 is 10.1 Å². The van der Waals surface area contributed by atoms with Gasteiger partial charge >= 0.3 is 5.97 Å². The average Bonchev–Trinajstić information content (AvgIpc) is 3.37. The lowest BCUT2D eigenvalue weighted by atomic mass is 10.2. The second kappa shape index (κ2) is 9.61. The number of H-pyrrole nitrogens is 1. The number of carbonyl (C=O) groups is 2. The molecule has 2 aromatic carbocycles. The number of nitrogens with zero attached hydrogens (tertiary/aromatic N) is 2. The second-order valence-corrected chi connectivity index (χ2v) is 9.66. The molecular weight excluding hydrogens is 464 g/mol. The van der Waals surface area contributed by atoms with Crippen LogP contribution < -0.4 is 16.4 Å². The first kappa shape index (κ1) is 23.4. The fourth-order valence-corrected chi connectivity index (χ4v) is 5.25. The maximum absolute atomic E-state index is 12.7. The third kappa shape index (κ3) is 4.92. The molecule has 178 valence electrons. The smallest absolute Gasteiger partial charge is 0.328 e. The van der Waals surface area contributed by atoms with Crippen LogP contribution in [0.1, 0.15) is 12.8 Å². The van der Waals surface area contributed by atoms with Crippen molar-refractivity contribution in [3.63, 3.8) is 0 Å². The van der Waals surface area contributed by atoms with Crippen LogP contribution in [0.2, 0.25) is 0 Å². The van der Waals surface area contributed by atoms with Gasteiger partial charge in [-0.15, -0.1) is 0 Å². The van der Waals surface area contributed by atoms with Crippen molar-refractivity contribution in [3.05, 3.63) is 69.2 Å². The van der Waals surface area contributed by atoms with E-state index in [1.165, 1.54) is 40.7 Å². The minimum absolute atomic E-state index is 0.0591. The van der Waals surface area contributed by atoms with Crippen LogP contribution >= 0.6 is 0 Å². The number of hydrogen-bond donors (Lipinski definition) is 2. The van der Waals surface area contributed by atoms with E-state index in [4.69, 9.17) is 4.74 Å². The van der Waals surface area contributed by atoms with Crippen molar-refractivity contribution in [3.8, 4) is 0 Å². The molecule has 3 aromatic rings. The number of hydrogen-bond acceptors (Lipinski definition) is 7. The Bertz CT molecular complexity index is 1470. The zero-order valence-electron chi connectivity index (χ0n) is 18.0. The number of esters is 1. The molecule has 2 heterocycles. The first-order valence-corrected chi connectivity index (χ1v) is 12.0. The summed E-state index contributed by atoms with van der Waals surface area (Å²) in [5, 5.41) is 5.14. The third-order valence-corrected chi connectivity index (χ3v) is 7.25. The summed E-state index contributed by atoms with van der Waals surface area (Å²) in [6.45, 7) is -0.328. The van der Waals surface area contributed by atoms with Gasteiger partial charge in [0.15, 0.2) is 6.61 Å². The molecule has 0 radical (unpaired) electrons. The van der Waals surface area contributed by atoms with Crippen molar-refractivity contribution < 1.29 is 22.7 Å². The monoisotopic (exact) mass is 486 g/mol. The Morgan fingerprint density at radius 2 is 1.71 bits per heavy atom. The Morgan fingerprint density at radius 3 is 2.44 bits per heavy atom. The number of anilines is 1. The first-order chi connectivity index (χ1) is 16.3. The van der Waals surface area contributed by atoms with E-state index in [1.807, 2.05) is 0 Å². The Labute approximate surface area is 194 Å². The highest BCUT2D eigenvalue weighted by Crippen LogP contribution is 2.23. The number of rotatable bonds is 7. The van der Waals surface area contributed by atoms with E-state index in [-0.39, 0.29) is 21.4 Å². The topological polar surface area (TPSA) is 148 Å². The Kier molecular flexibility index (Phi) is 6.61. The summed E-state index contributed by atoms with van der Waals surface area (Å²) < 4.78 is 32.5. The number of sulfonamides is 1. The number of carbonyl (C=O) groups excluding carboxylic acids is 2. The van der Waals surface area contributed by atoms with Gasteiger partial charge in [0.2, 0.25) is 10.0 Å². The molecule has 4 rings (SSSR count). The van der Waals surface area contributed by atoms with Crippen LogP contribution in [0.25, 0.3) is 10.8 Å². The van der Waals surface area contributed by atoms with Gasteiger partial charge in [-0.2, -0.15) is 4.31 Å². The van der Waals surface area contributed by atoms with Crippen molar-refractivity contribution in [2.75, 3.05) is 25.0 Å². The fraction of sp³-hybridized carbons (Fsp3) is 0.273. The summed E-state index contributed by atoms with van der Waals surface area (Å²) in [7, 11) is -3.65. The highest BCUT2D eigenvalue weighted by Gasteiger charge is 2.27. The zero-order valence-corrected chi connectivity index (χ0v) is 18.8. The molecule has 0 bridgehead atoms. The van der Waals surface area contributed by atoms with Gasteiger partial charge in [-0.05, 0) is 43.2 Å². The predicted molar refractivity (Wildman–Crippen MR) is 123 cm³/mol. The molecule has 0 atom stereocenters. The number of benzene rings is 2. The average molecular weight is 487 g/mol. The maximum atomic E-state index is 12.7. The minimum Gasteiger partial charge on any atom is -0.454 e. The SMILES string of the molecule is O=C(COC(=O)Cn1[nH]c(=O)c2ccccc2c1=O)Nc1cccc(S(=O)(=O)N2CCCC2)c1. The van der Waals surface area contributed by atoms with E-state index < -0.39 is 46.2 Å². The number of nitrogens with one attached hydrogen (secondary N) is 2. The summed E-state index contributed by atoms with van der Waals surface area (Å²) in [6.07, 6.45) is 1.61. The van der Waals surface area contributed by atoms with Crippen LogP contribution in [0.15, 0.2) is 63.0 Å². The van der Waals surface area contributed by atoms with E-state index in [2.05, 4.69) is 10.4 Å². The summed E-state index contributed by atoms with van der Waals surface area (Å²) in [5.41, 5.74) is -0.881. The lowest BCUT2D eigenvalue weighted by Gasteiger charge is -2.16. The van der Waals surface area contributed by atoms with Crippen molar-refractivity contribution in [2.24, 2.45) is 0 Å². The molecule has 0 unspecified atom stereocenters. The zero-order chi connectivity index (χ0) is 24.3. The molecule has 0 saturated carbocycles. The lowest BCUT2D eigenvalue weighted by molar-refractivity contribution is -0.148. The molecule has 0 aliphatic carbocycles. The lowest BCUT2D eigenvalue weighted by Crippen LogP contribution is -2.33. The maximum Gasteiger partial charge on any atom is 0.328 e. The summed E-state index contributed by atoms with van der Waals surface area (Å²) in [5.74, 6) is -1.60. The van der Waals surface area contributed by atoms with Gasteiger partial charge in [-0.3, -0.25) is 24.3 Å². The molecule has 11 nitrogen and oxygen atoms in total. The van der Waals surface area contributed by atoms with Crippen LogP contribution in [0.4, 0.5) is 5.69 Å². The summed E-state index contributed by atoms with van der Waals surface area (Å²) in [6, 6.07) is 12.0. The van der Waals surface area contributed by atoms with E-state index >= 15 is 0 Å². The van der Waals surface area contributed by atoms with Gasteiger partial charge in [-0.25, -0.2) is 13.1 Å². The predicted octanol–water partition coefficient (Wildman–Crippen LogP) is 0.656. The largest absolute Gasteiger partial charge is 0.454 e. The fourth-order valence-electron chi connectivity index (χ4n) is 3.69. The molecule has 1 aromatic heterocycles. The molecule has 2 N–H and O–H groups in total. The number of aromatic amines is 1. The van der Waals surface area contributed by atoms with Crippen molar-refractivity contribution in [1.29, 1.82) is 0 Å². The molecule has 1 aliphatic rings. The molecule has 34 heavy (non-hydrogen) atoms. The van der Waals surface area contributed by atoms with Crippen molar-refractivity contribution in [1.82, 2.24) is 14.1 Å². The first-order valence-electron chi connectivity index (χ1n) is 10.5. The molecule has 1 fully saturated rings. The minimum atomic E-state index is -3.65. The second-order valence-electron chi connectivity index (χ2n) is 7.73. The number of fused-ring (bicyclic) bond motifs is 1. The summed E-state index contributed by atoms with van der Waals surface area (Å²) >= 11 is 0. The number of aromatic nitrogens is 2. The van der Waals surface area contributed by atoms with Gasteiger partial charge in [-0.1, -0.05) is 18.2 Å². The van der Waals surface area contributed by atoms with Crippen LogP contribution in [0.5, 0.6) is 0 Å². The van der Waals surface area contributed by atoms with Crippen molar-refractivity contribution in [2.45, 2.75) is 24.3 Å². The highest BCUT2D eigenvalue weighted by atomic mass is 32.2. The van der Waals surface area contributed by atoms with Crippen molar-refractivity contribution >= 4 is 38.4 Å². The van der Waals surface area contributed by atoms with Crippen LogP contribution in [-0.4, -0.2) is 54.1 Å². The van der Waals surface area contributed by atoms with Crippen LogP contribution in [-0.2, 0) is 30.9 Å². The van der Waals surface area contributed by atoms with E-state index in [0.717, 1.165) is 17.5 Å². The molecule has 12 heteroatoms.